The molecule has 1 heterocycles. The number of ether oxygens (including phenoxy) is 1. The number of benzene rings is 1. The third kappa shape index (κ3) is 2.11. The summed E-state index contributed by atoms with van der Waals surface area (Å²) in [7, 11) is 0. The number of halogens is 1. The minimum atomic E-state index is -0.544. The van der Waals surface area contributed by atoms with E-state index in [4.69, 9.17) is 4.74 Å². The van der Waals surface area contributed by atoms with Crippen LogP contribution in [0.2, 0.25) is 0 Å². The van der Waals surface area contributed by atoms with Gasteiger partial charge in [0, 0.05) is 16.5 Å². The van der Waals surface area contributed by atoms with E-state index in [-0.39, 0.29) is 29.0 Å². The second-order valence-corrected chi connectivity index (χ2v) is 3.88. The quantitative estimate of drug-likeness (QED) is 0.672. The van der Waals surface area contributed by atoms with E-state index < -0.39 is 11.8 Å². The predicted octanol–water partition coefficient (Wildman–Crippen LogP) is 2.69. The van der Waals surface area contributed by atoms with Crippen LogP contribution in [-0.4, -0.2) is 23.3 Å². The van der Waals surface area contributed by atoms with Crippen molar-refractivity contribution in [1.29, 1.82) is 0 Å². The topological polar surface area (TPSA) is 59.2 Å². The van der Waals surface area contributed by atoms with E-state index in [0.29, 0.717) is 5.52 Å². The van der Waals surface area contributed by atoms with Crippen molar-refractivity contribution in [1.82, 2.24) is 4.98 Å². The maximum Gasteiger partial charge on any atom is 0.354 e. The van der Waals surface area contributed by atoms with E-state index in [1.165, 1.54) is 19.1 Å². The van der Waals surface area contributed by atoms with Crippen LogP contribution in [0.5, 0.6) is 0 Å². The average molecular weight is 249 g/mol. The maximum absolute atomic E-state index is 13.7. The van der Waals surface area contributed by atoms with Crippen molar-refractivity contribution in [3.8, 4) is 0 Å². The lowest BCUT2D eigenvalue weighted by Crippen LogP contribution is -2.04. The van der Waals surface area contributed by atoms with Gasteiger partial charge in [0.05, 0.1) is 6.61 Å². The minimum absolute atomic E-state index is 0.173. The van der Waals surface area contributed by atoms with E-state index >= 15 is 0 Å². The Morgan fingerprint density at radius 3 is 2.67 bits per heavy atom. The van der Waals surface area contributed by atoms with Gasteiger partial charge in [-0.05, 0) is 32.0 Å². The summed E-state index contributed by atoms with van der Waals surface area (Å²) in [5, 5.41) is 0.267. The van der Waals surface area contributed by atoms with Crippen molar-refractivity contribution in [2.45, 2.75) is 13.8 Å². The summed E-state index contributed by atoms with van der Waals surface area (Å²) in [5.74, 6) is -1.31. The molecular formula is C13H12FNO3. The molecule has 0 amide bonds. The fraction of sp³-hybridized carbons (Fsp3) is 0.231. The maximum atomic E-state index is 13.7. The van der Waals surface area contributed by atoms with E-state index in [1.807, 2.05) is 0 Å². The first kappa shape index (κ1) is 12.3. The number of ketones is 1. The standard InChI is InChI=1S/C13H12FNO3/c1-3-18-13(17)12-6-9-10(14)4-8(7(2)16)5-11(9)15-12/h4-6,15H,3H2,1-2H3. The second-order valence-electron chi connectivity index (χ2n) is 3.88. The molecule has 0 saturated heterocycles. The summed E-state index contributed by atoms with van der Waals surface area (Å²) >= 11 is 0. The number of nitrogens with one attached hydrogen (secondary N) is 1. The van der Waals surface area contributed by atoms with Crippen molar-refractivity contribution in [2.75, 3.05) is 6.61 Å². The predicted molar refractivity (Wildman–Crippen MR) is 64.2 cm³/mol. The van der Waals surface area contributed by atoms with Gasteiger partial charge >= 0.3 is 5.97 Å². The number of carbonyl (C=O) groups is 2. The van der Waals surface area contributed by atoms with Crippen LogP contribution in [0.15, 0.2) is 18.2 Å². The van der Waals surface area contributed by atoms with Crippen molar-refractivity contribution < 1.29 is 18.7 Å². The Balaban J connectivity index is 2.54. The van der Waals surface area contributed by atoms with Gasteiger partial charge in [0.2, 0.25) is 0 Å². The molecule has 0 aliphatic rings. The Morgan fingerprint density at radius 1 is 1.33 bits per heavy atom. The van der Waals surface area contributed by atoms with E-state index in [1.54, 1.807) is 6.92 Å². The van der Waals surface area contributed by atoms with Crippen LogP contribution < -0.4 is 0 Å². The average Bonchev–Trinajstić information content (AvgIpc) is 2.73. The molecule has 1 N–H and O–H groups in total. The zero-order chi connectivity index (χ0) is 13.3. The summed E-state index contributed by atoms with van der Waals surface area (Å²) in [4.78, 5) is 25.5. The van der Waals surface area contributed by atoms with Crippen LogP contribution in [-0.2, 0) is 4.74 Å². The Hall–Kier alpha value is -2.17. The van der Waals surface area contributed by atoms with Gasteiger partial charge in [0.25, 0.3) is 0 Å². The first-order valence-electron chi connectivity index (χ1n) is 5.53. The van der Waals surface area contributed by atoms with Gasteiger partial charge in [-0.2, -0.15) is 0 Å². The molecule has 1 aromatic carbocycles. The summed E-state index contributed by atoms with van der Waals surface area (Å²) in [6.07, 6.45) is 0. The molecule has 0 bridgehead atoms. The van der Waals surface area contributed by atoms with Gasteiger partial charge in [-0.15, -0.1) is 0 Å². The molecule has 18 heavy (non-hydrogen) atoms. The largest absolute Gasteiger partial charge is 0.461 e. The van der Waals surface area contributed by atoms with Gasteiger partial charge in [0.15, 0.2) is 5.78 Å². The highest BCUT2D eigenvalue weighted by atomic mass is 19.1. The number of fused-ring (bicyclic) bond motifs is 1. The second kappa shape index (κ2) is 4.60. The molecule has 94 valence electrons. The normalized spacial score (nSPS) is 10.6. The number of esters is 1. The molecule has 2 aromatic rings. The van der Waals surface area contributed by atoms with Crippen molar-refractivity contribution in [2.24, 2.45) is 0 Å². The Kier molecular flexibility index (Phi) is 3.14. The van der Waals surface area contributed by atoms with E-state index in [0.717, 1.165) is 6.07 Å². The first-order chi connectivity index (χ1) is 8.52. The molecule has 0 spiro atoms. The van der Waals surface area contributed by atoms with Gasteiger partial charge in [-0.3, -0.25) is 4.79 Å². The summed E-state index contributed by atoms with van der Waals surface area (Å²) in [5.41, 5.74) is 0.840. The molecule has 1 aromatic heterocycles. The van der Waals surface area contributed by atoms with Crippen LogP contribution in [0.1, 0.15) is 34.7 Å². The smallest absolute Gasteiger partial charge is 0.354 e. The molecule has 2 rings (SSSR count). The number of H-pyrrole nitrogens is 1. The molecule has 0 atom stereocenters. The molecule has 0 aliphatic heterocycles. The van der Waals surface area contributed by atoms with Gasteiger partial charge in [-0.25, -0.2) is 9.18 Å². The van der Waals surface area contributed by atoms with Crippen LogP contribution in [0.4, 0.5) is 4.39 Å². The summed E-state index contributed by atoms with van der Waals surface area (Å²) in [6.45, 7) is 3.29. The van der Waals surface area contributed by atoms with E-state index in [2.05, 4.69) is 4.98 Å². The van der Waals surface area contributed by atoms with Crippen molar-refractivity contribution in [3.63, 3.8) is 0 Å². The van der Waals surface area contributed by atoms with Crippen LogP contribution in [0.25, 0.3) is 10.9 Å². The van der Waals surface area contributed by atoms with Crippen LogP contribution >= 0.6 is 0 Å². The highest BCUT2D eigenvalue weighted by Crippen LogP contribution is 2.21. The lowest BCUT2D eigenvalue weighted by atomic mass is 10.1. The van der Waals surface area contributed by atoms with Crippen LogP contribution in [0, 0.1) is 5.82 Å². The third-order valence-corrected chi connectivity index (χ3v) is 2.59. The Morgan fingerprint density at radius 2 is 2.06 bits per heavy atom. The minimum Gasteiger partial charge on any atom is -0.461 e. The monoisotopic (exact) mass is 249 g/mol. The number of hydrogen-bond donors (Lipinski definition) is 1. The molecule has 0 saturated carbocycles. The molecular weight excluding hydrogens is 237 g/mol. The lowest BCUT2D eigenvalue weighted by Gasteiger charge is -1.97. The molecule has 0 radical (unpaired) electrons. The zero-order valence-electron chi connectivity index (χ0n) is 10.0. The fourth-order valence-corrected chi connectivity index (χ4v) is 1.72. The molecule has 0 fully saturated rings. The van der Waals surface area contributed by atoms with Gasteiger partial charge in [0.1, 0.15) is 11.5 Å². The summed E-state index contributed by atoms with van der Waals surface area (Å²) in [6, 6.07) is 4.06. The third-order valence-electron chi connectivity index (χ3n) is 2.59. The van der Waals surface area contributed by atoms with Crippen molar-refractivity contribution >= 4 is 22.7 Å². The highest BCUT2D eigenvalue weighted by Gasteiger charge is 2.14. The molecule has 5 heteroatoms. The van der Waals surface area contributed by atoms with Crippen LogP contribution in [0.3, 0.4) is 0 Å². The number of aromatic amines is 1. The van der Waals surface area contributed by atoms with Gasteiger partial charge < -0.3 is 9.72 Å². The van der Waals surface area contributed by atoms with Gasteiger partial charge in [-0.1, -0.05) is 0 Å². The van der Waals surface area contributed by atoms with E-state index in [9.17, 15) is 14.0 Å². The molecule has 0 unspecified atom stereocenters. The zero-order valence-corrected chi connectivity index (χ0v) is 10.0. The Bertz CT molecular complexity index is 630. The number of aromatic nitrogens is 1. The molecule has 0 aliphatic carbocycles. The van der Waals surface area contributed by atoms with Crippen molar-refractivity contribution in [3.05, 3.63) is 35.3 Å². The molecule has 4 nitrogen and oxygen atoms in total. The fourth-order valence-electron chi connectivity index (χ4n) is 1.72. The first-order valence-corrected chi connectivity index (χ1v) is 5.53. The SMILES string of the molecule is CCOC(=O)c1cc2c(F)cc(C(C)=O)cc2[nH]1. The highest BCUT2D eigenvalue weighted by molar-refractivity contribution is 6.00. The lowest BCUT2D eigenvalue weighted by molar-refractivity contribution is 0.0520. The Labute approximate surface area is 103 Å². The number of rotatable bonds is 3. The number of hydrogen-bond acceptors (Lipinski definition) is 3. The summed E-state index contributed by atoms with van der Waals surface area (Å²) < 4.78 is 18.6. The number of carbonyl (C=O) groups excluding carboxylic acids is 2. The number of Topliss-reactive ketones (excluding diaryl/α,β-unsaturated/α-hetero) is 1.